The van der Waals surface area contributed by atoms with Gasteiger partial charge < -0.3 is 20.6 Å². The number of amides is 1. The molecule has 4 heterocycles. The third-order valence-corrected chi connectivity index (χ3v) is 7.06. The summed E-state index contributed by atoms with van der Waals surface area (Å²) in [5.41, 5.74) is 6.40. The van der Waals surface area contributed by atoms with Gasteiger partial charge in [0.2, 0.25) is 5.91 Å². The number of hydrogen-bond acceptors (Lipinski definition) is 7. The molecule has 0 bridgehead atoms. The molecule has 5 aromatic rings. The van der Waals surface area contributed by atoms with Gasteiger partial charge in [0.15, 0.2) is 11.5 Å². The number of rotatable bonds is 4. The van der Waals surface area contributed by atoms with Crippen LogP contribution in [-0.4, -0.2) is 35.4 Å². The van der Waals surface area contributed by atoms with E-state index in [1.54, 1.807) is 23.0 Å². The van der Waals surface area contributed by atoms with Gasteiger partial charge in [0.05, 0.1) is 11.3 Å². The molecule has 1 amide bonds. The molecule has 39 heavy (non-hydrogen) atoms. The number of halogens is 4. The molecule has 9 nitrogen and oxygen atoms in total. The van der Waals surface area contributed by atoms with Crippen LogP contribution in [0.1, 0.15) is 29.3 Å². The number of aromatic nitrogens is 5. The highest BCUT2D eigenvalue weighted by molar-refractivity contribution is 6.32. The zero-order valence-corrected chi connectivity index (χ0v) is 20.8. The summed E-state index contributed by atoms with van der Waals surface area (Å²) in [5.74, 6) is -3.43. The van der Waals surface area contributed by atoms with E-state index in [2.05, 4.69) is 25.3 Å². The summed E-state index contributed by atoms with van der Waals surface area (Å²) in [6, 6.07) is 5.47. The zero-order valence-electron chi connectivity index (χ0n) is 20.0. The predicted molar refractivity (Wildman–Crippen MR) is 136 cm³/mol. The first-order chi connectivity index (χ1) is 18.6. The minimum Gasteiger partial charge on any atom is -0.506 e. The molecule has 13 heteroatoms. The Balaban J connectivity index is 1.47. The number of phenols is 1. The Hall–Kier alpha value is -4.71. The van der Waals surface area contributed by atoms with E-state index >= 15 is 0 Å². The van der Waals surface area contributed by atoms with Crippen LogP contribution in [0.5, 0.6) is 5.75 Å². The molecule has 0 radical (unpaired) electrons. The molecule has 0 fully saturated rings. The highest BCUT2D eigenvalue weighted by atomic mass is 35.5. The number of nitrogens with one attached hydrogen (secondary N) is 1. The SMILES string of the molecule is CC1(c2ccc(F)c(Cl)c2O)C(=O)Nc2nc(-c3cn4ccnc4c(Cc4cc(F)cc(F)c4)n3)nc(N)c21. The summed E-state index contributed by atoms with van der Waals surface area (Å²) in [6.45, 7) is 1.49. The Morgan fingerprint density at radius 1 is 1.13 bits per heavy atom. The number of nitrogens with two attached hydrogens (primary N) is 1. The summed E-state index contributed by atoms with van der Waals surface area (Å²) in [5, 5.41) is 12.7. The Kier molecular flexibility index (Phi) is 5.47. The molecule has 1 unspecified atom stereocenters. The van der Waals surface area contributed by atoms with Crippen molar-refractivity contribution in [2.45, 2.75) is 18.8 Å². The van der Waals surface area contributed by atoms with Crippen LogP contribution in [-0.2, 0) is 16.6 Å². The van der Waals surface area contributed by atoms with Gasteiger partial charge in [-0.3, -0.25) is 4.79 Å². The number of phenolic OH excluding ortho intramolecular Hbond substituents is 1. The van der Waals surface area contributed by atoms with Crippen molar-refractivity contribution in [3.63, 3.8) is 0 Å². The highest BCUT2D eigenvalue weighted by Crippen LogP contribution is 2.49. The molecule has 4 N–H and O–H groups in total. The van der Waals surface area contributed by atoms with Gasteiger partial charge in [0, 0.05) is 36.6 Å². The average Bonchev–Trinajstić information content (AvgIpc) is 3.45. The van der Waals surface area contributed by atoms with E-state index in [-0.39, 0.29) is 40.7 Å². The first-order valence-corrected chi connectivity index (χ1v) is 11.9. The smallest absolute Gasteiger partial charge is 0.240 e. The number of carbonyl (C=O) groups excluding carboxylic acids is 1. The number of imidazole rings is 1. The van der Waals surface area contributed by atoms with E-state index in [4.69, 9.17) is 17.3 Å². The van der Waals surface area contributed by atoms with Crippen LogP contribution in [0.15, 0.2) is 48.9 Å². The number of hydrogen-bond donors (Lipinski definition) is 3. The van der Waals surface area contributed by atoms with Crippen LogP contribution in [0.2, 0.25) is 5.02 Å². The molecule has 0 saturated carbocycles. The molecular weight excluding hydrogens is 535 g/mol. The highest BCUT2D eigenvalue weighted by Gasteiger charge is 2.49. The third-order valence-electron chi connectivity index (χ3n) is 6.70. The molecule has 0 spiro atoms. The number of benzene rings is 2. The van der Waals surface area contributed by atoms with Crippen LogP contribution >= 0.6 is 11.6 Å². The molecule has 2 aromatic carbocycles. The van der Waals surface area contributed by atoms with E-state index in [1.807, 2.05) is 0 Å². The van der Waals surface area contributed by atoms with Gasteiger partial charge >= 0.3 is 0 Å². The molecule has 1 aliphatic heterocycles. The first kappa shape index (κ1) is 24.6. The number of fused-ring (bicyclic) bond motifs is 2. The largest absolute Gasteiger partial charge is 0.506 e. The maximum Gasteiger partial charge on any atom is 0.240 e. The minimum atomic E-state index is -1.58. The average molecular weight is 552 g/mol. The van der Waals surface area contributed by atoms with Crippen molar-refractivity contribution in [1.29, 1.82) is 0 Å². The predicted octanol–water partition coefficient (Wildman–Crippen LogP) is 4.39. The standard InChI is InChI=1S/C26H17ClF3N7O2/c1-26(14-2-3-15(30)19(27)20(14)38)18-21(31)34-22(35-23(18)36-25(26)39)17-10-37-5-4-32-24(37)16(33-17)8-11-6-12(28)9-13(29)7-11/h2-7,9-10,38H,8H2,1H3,(H3,31,34,35,36,39). The van der Waals surface area contributed by atoms with Crippen molar-refractivity contribution >= 4 is 34.8 Å². The van der Waals surface area contributed by atoms with Crippen molar-refractivity contribution in [3.8, 4) is 17.3 Å². The molecule has 0 aliphatic carbocycles. The third kappa shape index (κ3) is 3.83. The molecule has 1 aliphatic rings. The van der Waals surface area contributed by atoms with Crippen molar-refractivity contribution in [1.82, 2.24) is 24.3 Å². The molecule has 1 atom stereocenters. The van der Waals surface area contributed by atoms with Gasteiger partial charge in [0.1, 0.15) is 51.0 Å². The second kappa shape index (κ2) is 8.67. The summed E-state index contributed by atoms with van der Waals surface area (Å²) >= 11 is 5.89. The number of carbonyl (C=O) groups is 1. The van der Waals surface area contributed by atoms with Crippen LogP contribution in [0.4, 0.5) is 24.8 Å². The fourth-order valence-electron chi connectivity index (χ4n) is 4.85. The minimum absolute atomic E-state index is 0.0239. The fourth-order valence-corrected chi connectivity index (χ4v) is 5.02. The van der Waals surface area contributed by atoms with E-state index in [9.17, 15) is 23.1 Å². The van der Waals surface area contributed by atoms with Crippen LogP contribution in [0.25, 0.3) is 17.2 Å². The summed E-state index contributed by atoms with van der Waals surface area (Å²) < 4.78 is 43.1. The molecular formula is C26H17ClF3N7O2. The second-order valence-electron chi connectivity index (χ2n) is 9.18. The lowest BCUT2D eigenvalue weighted by molar-refractivity contribution is -0.119. The van der Waals surface area contributed by atoms with Gasteiger partial charge in [-0.05, 0) is 30.7 Å². The quantitative estimate of drug-likeness (QED) is 0.302. The lowest BCUT2D eigenvalue weighted by Gasteiger charge is -2.24. The number of anilines is 2. The van der Waals surface area contributed by atoms with Gasteiger partial charge in [-0.15, -0.1) is 0 Å². The lowest BCUT2D eigenvalue weighted by atomic mass is 9.77. The van der Waals surface area contributed by atoms with Gasteiger partial charge in [-0.25, -0.2) is 33.1 Å². The van der Waals surface area contributed by atoms with E-state index in [1.165, 1.54) is 25.1 Å². The maximum atomic E-state index is 13.9. The topological polar surface area (TPSA) is 131 Å². The second-order valence-corrected chi connectivity index (χ2v) is 9.56. The Morgan fingerprint density at radius 2 is 1.87 bits per heavy atom. The zero-order chi connectivity index (χ0) is 27.6. The van der Waals surface area contributed by atoms with Gasteiger partial charge in [0.25, 0.3) is 0 Å². The Labute approximate surface area is 223 Å². The number of aromatic hydroxyl groups is 1. The van der Waals surface area contributed by atoms with Crippen molar-refractivity contribution in [2.24, 2.45) is 0 Å². The van der Waals surface area contributed by atoms with Crippen molar-refractivity contribution in [3.05, 3.63) is 93.8 Å². The first-order valence-electron chi connectivity index (χ1n) is 11.5. The van der Waals surface area contributed by atoms with Crippen LogP contribution in [0.3, 0.4) is 0 Å². The molecule has 3 aromatic heterocycles. The number of nitrogen functional groups attached to an aromatic ring is 1. The molecule has 196 valence electrons. The van der Waals surface area contributed by atoms with E-state index < -0.39 is 39.5 Å². The van der Waals surface area contributed by atoms with Crippen LogP contribution in [0, 0.1) is 17.5 Å². The lowest BCUT2D eigenvalue weighted by Crippen LogP contribution is -2.33. The molecule has 0 saturated heterocycles. The Bertz CT molecular complexity index is 1820. The van der Waals surface area contributed by atoms with Crippen molar-refractivity contribution < 1.29 is 23.1 Å². The maximum absolute atomic E-state index is 13.9. The summed E-state index contributed by atoms with van der Waals surface area (Å²) in [4.78, 5) is 30.9. The molecule has 6 rings (SSSR count). The monoisotopic (exact) mass is 551 g/mol. The summed E-state index contributed by atoms with van der Waals surface area (Å²) in [6.07, 6.45) is 4.86. The van der Waals surface area contributed by atoms with Gasteiger partial charge in [-0.2, -0.15) is 0 Å². The Morgan fingerprint density at radius 3 is 2.62 bits per heavy atom. The van der Waals surface area contributed by atoms with Crippen LogP contribution < -0.4 is 11.1 Å². The van der Waals surface area contributed by atoms with E-state index in [0.29, 0.717) is 16.9 Å². The van der Waals surface area contributed by atoms with E-state index in [0.717, 1.165) is 12.1 Å². The fraction of sp³-hybridized carbons (Fsp3) is 0.115. The normalized spacial score (nSPS) is 16.5. The number of nitrogens with zero attached hydrogens (tertiary/aromatic N) is 5. The summed E-state index contributed by atoms with van der Waals surface area (Å²) in [7, 11) is 0. The van der Waals surface area contributed by atoms with Gasteiger partial charge in [-0.1, -0.05) is 17.7 Å². The van der Waals surface area contributed by atoms with Crippen molar-refractivity contribution in [2.75, 3.05) is 11.1 Å².